The summed E-state index contributed by atoms with van der Waals surface area (Å²) < 4.78 is 5.79. The zero-order chi connectivity index (χ0) is 11.3. The van der Waals surface area contributed by atoms with Crippen molar-refractivity contribution in [3.63, 3.8) is 0 Å². The van der Waals surface area contributed by atoms with Crippen LogP contribution in [0.3, 0.4) is 0 Å². The van der Waals surface area contributed by atoms with E-state index in [4.69, 9.17) is 10.6 Å². The average Bonchev–Trinajstić information content (AvgIpc) is 2.19. The van der Waals surface area contributed by atoms with Crippen molar-refractivity contribution in [2.24, 2.45) is 11.8 Å². The first-order valence-corrected chi connectivity index (χ1v) is 6.13. The number of nitrogens with one attached hydrogen (secondary N) is 1. The molecule has 1 aliphatic rings. The molecule has 1 unspecified atom stereocenters. The molecule has 0 saturated heterocycles. The van der Waals surface area contributed by atoms with E-state index in [0.29, 0.717) is 12.0 Å². The molecule has 1 rings (SSSR count). The second kappa shape index (κ2) is 5.83. The van der Waals surface area contributed by atoms with E-state index in [0.717, 1.165) is 6.61 Å². The molecule has 0 aromatic rings. The highest BCUT2D eigenvalue weighted by atomic mass is 16.5. The molecule has 90 valence electrons. The molecule has 1 aliphatic carbocycles. The van der Waals surface area contributed by atoms with E-state index in [9.17, 15) is 0 Å². The van der Waals surface area contributed by atoms with Crippen molar-refractivity contribution in [1.82, 2.24) is 5.43 Å². The summed E-state index contributed by atoms with van der Waals surface area (Å²) in [6.07, 6.45) is 6.66. The van der Waals surface area contributed by atoms with Gasteiger partial charge in [-0.3, -0.25) is 11.3 Å². The number of hydrazine groups is 1. The third-order valence-corrected chi connectivity index (χ3v) is 3.13. The van der Waals surface area contributed by atoms with Crippen LogP contribution >= 0.6 is 0 Å². The normalized spacial score (nSPS) is 21.6. The van der Waals surface area contributed by atoms with Crippen LogP contribution in [0, 0.1) is 5.92 Å². The second-order valence-corrected chi connectivity index (χ2v) is 5.59. The number of hydrogen-bond donors (Lipinski definition) is 2. The number of ether oxygens (including phenoxy) is 1. The monoisotopic (exact) mass is 214 g/mol. The summed E-state index contributed by atoms with van der Waals surface area (Å²) in [6, 6.07) is 0.324. The molecule has 0 spiro atoms. The Labute approximate surface area is 93.7 Å². The molecule has 1 fully saturated rings. The first-order chi connectivity index (χ1) is 7.03. The van der Waals surface area contributed by atoms with Crippen LogP contribution in [-0.4, -0.2) is 18.2 Å². The predicted molar refractivity (Wildman–Crippen MR) is 63.4 cm³/mol. The smallest absolute Gasteiger partial charge is 0.0642 e. The number of hydrogen-bond acceptors (Lipinski definition) is 3. The van der Waals surface area contributed by atoms with Gasteiger partial charge in [-0.1, -0.05) is 19.3 Å². The molecule has 0 aliphatic heterocycles. The van der Waals surface area contributed by atoms with Crippen molar-refractivity contribution < 1.29 is 4.74 Å². The van der Waals surface area contributed by atoms with Gasteiger partial charge >= 0.3 is 0 Å². The van der Waals surface area contributed by atoms with E-state index in [-0.39, 0.29) is 5.60 Å². The average molecular weight is 214 g/mol. The Morgan fingerprint density at radius 1 is 1.27 bits per heavy atom. The standard InChI is InChI=1S/C12H26N2O/c1-12(2,3)15-9-11(14-13)10-7-5-4-6-8-10/h10-11,14H,4-9,13H2,1-3H3. The van der Waals surface area contributed by atoms with Crippen molar-refractivity contribution >= 4 is 0 Å². The zero-order valence-electron chi connectivity index (χ0n) is 10.4. The Morgan fingerprint density at radius 3 is 2.33 bits per heavy atom. The van der Waals surface area contributed by atoms with Gasteiger partial charge in [-0.25, -0.2) is 0 Å². The molecular formula is C12H26N2O. The summed E-state index contributed by atoms with van der Waals surface area (Å²) in [7, 11) is 0. The molecule has 0 aromatic heterocycles. The van der Waals surface area contributed by atoms with Gasteiger partial charge in [0.25, 0.3) is 0 Å². The van der Waals surface area contributed by atoms with E-state index < -0.39 is 0 Å². The van der Waals surface area contributed by atoms with Crippen molar-refractivity contribution in [3.8, 4) is 0 Å². The van der Waals surface area contributed by atoms with Gasteiger partial charge in [0.1, 0.15) is 0 Å². The lowest BCUT2D eigenvalue weighted by molar-refractivity contribution is -0.0247. The maximum absolute atomic E-state index is 5.79. The van der Waals surface area contributed by atoms with Crippen LogP contribution in [0.15, 0.2) is 0 Å². The van der Waals surface area contributed by atoms with Crippen LogP contribution in [0.5, 0.6) is 0 Å². The lowest BCUT2D eigenvalue weighted by atomic mass is 9.84. The summed E-state index contributed by atoms with van der Waals surface area (Å²) in [5.74, 6) is 6.30. The third kappa shape index (κ3) is 4.96. The lowest BCUT2D eigenvalue weighted by Gasteiger charge is -2.31. The molecular weight excluding hydrogens is 188 g/mol. The Balaban J connectivity index is 2.34. The fraction of sp³-hybridized carbons (Fsp3) is 1.00. The molecule has 1 saturated carbocycles. The van der Waals surface area contributed by atoms with E-state index in [1.807, 2.05) is 0 Å². The molecule has 1 atom stereocenters. The molecule has 3 nitrogen and oxygen atoms in total. The molecule has 0 radical (unpaired) electrons. The van der Waals surface area contributed by atoms with E-state index in [1.165, 1.54) is 32.1 Å². The van der Waals surface area contributed by atoms with Gasteiger partial charge in [-0.05, 0) is 39.5 Å². The van der Waals surface area contributed by atoms with Gasteiger partial charge in [-0.15, -0.1) is 0 Å². The largest absolute Gasteiger partial charge is 0.374 e. The third-order valence-electron chi connectivity index (χ3n) is 3.13. The fourth-order valence-corrected chi connectivity index (χ4v) is 2.20. The SMILES string of the molecule is CC(C)(C)OCC(NN)C1CCCCC1. The van der Waals surface area contributed by atoms with Crippen LogP contribution in [0.1, 0.15) is 52.9 Å². The highest BCUT2D eigenvalue weighted by Gasteiger charge is 2.24. The Bertz CT molecular complexity index is 171. The molecule has 0 aromatic carbocycles. The van der Waals surface area contributed by atoms with Gasteiger partial charge in [0, 0.05) is 6.04 Å². The molecule has 0 amide bonds. The van der Waals surface area contributed by atoms with Crippen molar-refractivity contribution in [1.29, 1.82) is 0 Å². The highest BCUT2D eigenvalue weighted by Crippen LogP contribution is 2.26. The molecule has 3 heteroatoms. The van der Waals surface area contributed by atoms with Crippen LogP contribution < -0.4 is 11.3 Å². The van der Waals surface area contributed by atoms with E-state index in [1.54, 1.807) is 0 Å². The minimum atomic E-state index is -0.0657. The second-order valence-electron chi connectivity index (χ2n) is 5.59. The van der Waals surface area contributed by atoms with Gasteiger partial charge in [0.2, 0.25) is 0 Å². The fourth-order valence-electron chi connectivity index (χ4n) is 2.20. The van der Waals surface area contributed by atoms with Crippen molar-refractivity contribution in [3.05, 3.63) is 0 Å². The van der Waals surface area contributed by atoms with E-state index >= 15 is 0 Å². The first kappa shape index (κ1) is 12.9. The number of rotatable bonds is 4. The minimum Gasteiger partial charge on any atom is -0.374 e. The van der Waals surface area contributed by atoms with Crippen molar-refractivity contribution in [2.75, 3.05) is 6.61 Å². The van der Waals surface area contributed by atoms with Crippen LogP contribution in [-0.2, 0) is 4.74 Å². The zero-order valence-corrected chi connectivity index (χ0v) is 10.4. The number of nitrogens with two attached hydrogens (primary N) is 1. The molecule has 0 heterocycles. The van der Waals surface area contributed by atoms with Gasteiger partial charge in [-0.2, -0.15) is 0 Å². The van der Waals surface area contributed by atoms with E-state index in [2.05, 4.69) is 26.2 Å². The Kier molecular flexibility index (Phi) is 5.03. The highest BCUT2D eigenvalue weighted by molar-refractivity contribution is 4.78. The summed E-state index contributed by atoms with van der Waals surface area (Å²) in [4.78, 5) is 0. The first-order valence-electron chi connectivity index (χ1n) is 6.13. The Morgan fingerprint density at radius 2 is 1.87 bits per heavy atom. The minimum absolute atomic E-state index is 0.0657. The summed E-state index contributed by atoms with van der Waals surface area (Å²) in [5, 5.41) is 0. The molecule has 15 heavy (non-hydrogen) atoms. The van der Waals surface area contributed by atoms with Crippen molar-refractivity contribution in [2.45, 2.75) is 64.5 Å². The van der Waals surface area contributed by atoms with Gasteiger partial charge in [0.05, 0.1) is 12.2 Å². The topological polar surface area (TPSA) is 47.3 Å². The molecule has 0 bridgehead atoms. The maximum atomic E-state index is 5.79. The van der Waals surface area contributed by atoms with Gasteiger partial charge < -0.3 is 4.74 Å². The lowest BCUT2D eigenvalue weighted by Crippen LogP contribution is -2.46. The Hall–Kier alpha value is -0.120. The summed E-state index contributed by atoms with van der Waals surface area (Å²) >= 11 is 0. The summed E-state index contributed by atoms with van der Waals surface area (Å²) in [6.45, 7) is 6.98. The summed E-state index contributed by atoms with van der Waals surface area (Å²) in [5.41, 5.74) is 2.85. The van der Waals surface area contributed by atoms with Crippen LogP contribution in [0.25, 0.3) is 0 Å². The van der Waals surface area contributed by atoms with Crippen LogP contribution in [0.2, 0.25) is 0 Å². The maximum Gasteiger partial charge on any atom is 0.0642 e. The van der Waals surface area contributed by atoms with Crippen LogP contribution in [0.4, 0.5) is 0 Å². The van der Waals surface area contributed by atoms with Gasteiger partial charge in [0.15, 0.2) is 0 Å². The molecule has 3 N–H and O–H groups in total. The predicted octanol–water partition coefficient (Wildman–Crippen LogP) is 2.21. The quantitative estimate of drug-likeness (QED) is 0.557.